The molecule has 3 nitrogen and oxygen atoms in total. The van der Waals surface area contributed by atoms with Gasteiger partial charge in [-0.05, 0) is 37.2 Å². The molecule has 0 bridgehead atoms. The Morgan fingerprint density at radius 1 is 1.23 bits per heavy atom. The van der Waals surface area contributed by atoms with Gasteiger partial charge in [-0.3, -0.25) is 9.59 Å². The summed E-state index contributed by atoms with van der Waals surface area (Å²) in [5.41, 5.74) is 0.922. The van der Waals surface area contributed by atoms with E-state index in [-0.39, 0.29) is 0 Å². The molecule has 70 valence electrons. The molecule has 0 aromatic heterocycles. The van der Waals surface area contributed by atoms with Gasteiger partial charge >= 0.3 is 0 Å². The smallest absolute Gasteiger partial charge is 0.225 e. The van der Waals surface area contributed by atoms with Gasteiger partial charge in [0.2, 0.25) is 11.6 Å². The molecular formula is C10H13NO2. The van der Waals surface area contributed by atoms with E-state index in [0.717, 1.165) is 25.1 Å². The van der Waals surface area contributed by atoms with Gasteiger partial charge in [-0.1, -0.05) is 13.0 Å². The van der Waals surface area contributed by atoms with Crippen LogP contribution in [-0.4, -0.2) is 24.7 Å². The van der Waals surface area contributed by atoms with Crippen LogP contribution in [0.5, 0.6) is 0 Å². The minimum absolute atomic E-state index is 0.408. The van der Waals surface area contributed by atoms with Crippen LogP contribution in [-0.2, 0) is 9.59 Å². The largest absolute Gasteiger partial charge is 0.317 e. The first kappa shape index (κ1) is 9.86. The Labute approximate surface area is 77.5 Å². The van der Waals surface area contributed by atoms with Crippen molar-refractivity contribution in [3.63, 3.8) is 0 Å². The second-order valence-electron chi connectivity index (χ2n) is 2.88. The molecule has 0 unspecified atom stereocenters. The number of hydrogen-bond donors (Lipinski definition) is 1. The highest BCUT2D eigenvalue weighted by Crippen LogP contribution is 2.07. The van der Waals surface area contributed by atoms with E-state index in [1.54, 1.807) is 6.08 Å². The van der Waals surface area contributed by atoms with Crippen LogP contribution in [0.2, 0.25) is 0 Å². The molecule has 0 radical (unpaired) electrons. The van der Waals surface area contributed by atoms with E-state index in [4.69, 9.17) is 0 Å². The molecule has 13 heavy (non-hydrogen) atoms. The molecule has 0 saturated heterocycles. The predicted molar refractivity (Wildman–Crippen MR) is 50.4 cm³/mol. The van der Waals surface area contributed by atoms with E-state index in [0.29, 0.717) is 0 Å². The monoisotopic (exact) mass is 179 g/mol. The van der Waals surface area contributed by atoms with E-state index in [1.165, 1.54) is 12.2 Å². The van der Waals surface area contributed by atoms with E-state index < -0.39 is 11.6 Å². The lowest BCUT2D eigenvalue weighted by Crippen LogP contribution is -2.17. The molecule has 0 amide bonds. The average Bonchev–Trinajstić information content (AvgIpc) is 2.12. The predicted octanol–water partition coefficient (Wildman–Crippen LogP) is 0.620. The van der Waals surface area contributed by atoms with E-state index >= 15 is 0 Å². The maximum absolute atomic E-state index is 10.9. The quantitative estimate of drug-likeness (QED) is 0.391. The number of nitrogens with one attached hydrogen (secondary N) is 1. The van der Waals surface area contributed by atoms with Crippen molar-refractivity contribution in [2.75, 3.05) is 13.1 Å². The third-order valence-corrected chi connectivity index (χ3v) is 1.85. The molecule has 0 aromatic carbocycles. The Bertz CT molecular complexity index is 277. The molecule has 1 N–H and O–H groups in total. The van der Waals surface area contributed by atoms with Crippen molar-refractivity contribution in [1.82, 2.24) is 5.32 Å². The van der Waals surface area contributed by atoms with Crippen LogP contribution in [0.25, 0.3) is 0 Å². The summed E-state index contributed by atoms with van der Waals surface area (Å²) in [7, 11) is 0. The normalized spacial score (nSPS) is 16.2. The third-order valence-electron chi connectivity index (χ3n) is 1.85. The van der Waals surface area contributed by atoms with Crippen molar-refractivity contribution in [1.29, 1.82) is 0 Å². The summed E-state index contributed by atoms with van der Waals surface area (Å²) in [4.78, 5) is 21.7. The summed E-state index contributed by atoms with van der Waals surface area (Å²) in [6.45, 7) is 3.79. The number of carbonyl (C=O) groups excluding carboxylic acids is 2. The van der Waals surface area contributed by atoms with Gasteiger partial charge in [0.25, 0.3) is 0 Å². The van der Waals surface area contributed by atoms with Crippen molar-refractivity contribution in [3.05, 3.63) is 23.8 Å². The Balaban J connectivity index is 2.44. The van der Waals surface area contributed by atoms with Crippen LogP contribution in [0.15, 0.2) is 23.8 Å². The molecule has 0 fully saturated rings. The minimum Gasteiger partial charge on any atom is -0.317 e. The summed E-state index contributed by atoms with van der Waals surface area (Å²) < 4.78 is 0. The molecule has 3 heteroatoms. The van der Waals surface area contributed by atoms with Crippen molar-refractivity contribution < 1.29 is 9.59 Å². The first-order valence-corrected chi connectivity index (χ1v) is 4.41. The number of rotatable bonds is 4. The maximum Gasteiger partial charge on any atom is 0.225 e. The van der Waals surface area contributed by atoms with Crippen molar-refractivity contribution in [2.24, 2.45) is 0 Å². The van der Waals surface area contributed by atoms with Crippen LogP contribution in [0.1, 0.15) is 13.3 Å². The van der Waals surface area contributed by atoms with E-state index in [1.807, 2.05) is 6.92 Å². The van der Waals surface area contributed by atoms with E-state index in [9.17, 15) is 9.59 Å². The van der Waals surface area contributed by atoms with Gasteiger partial charge < -0.3 is 5.32 Å². The van der Waals surface area contributed by atoms with Crippen molar-refractivity contribution in [2.45, 2.75) is 13.3 Å². The van der Waals surface area contributed by atoms with Gasteiger partial charge in [-0.2, -0.15) is 0 Å². The molecule has 0 heterocycles. The summed E-state index contributed by atoms with van der Waals surface area (Å²) in [5.74, 6) is -0.832. The van der Waals surface area contributed by atoms with Gasteiger partial charge in [0.05, 0.1) is 0 Å². The number of allylic oxidation sites excluding steroid dienone is 3. The fourth-order valence-electron chi connectivity index (χ4n) is 1.12. The molecule has 0 atom stereocenters. The number of ketones is 2. The third kappa shape index (κ3) is 2.95. The van der Waals surface area contributed by atoms with Crippen LogP contribution in [0.4, 0.5) is 0 Å². The van der Waals surface area contributed by atoms with Crippen LogP contribution in [0, 0.1) is 0 Å². The number of hydrogen-bond acceptors (Lipinski definition) is 3. The fraction of sp³-hybridized carbons (Fsp3) is 0.400. The van der Waals surface area contributed by atoms with Gasteiger partial charge in [-0.15, -0.1) is 0 Å². The first-order valence-electron chi connectivity index (χ1n) is 4.41. The highest BCUT2D eigenvalue weighted by atomic mass is 16.2. The zero-order valence-electron chi connectivity index (χ0n) is 7.67. The van der Waals surface area contributed by atoms with Gasteiger partial charge in [0, 0.05) is 0 Å². The zero-order chi connectivity index (χ0) is 9.68. The Kier molecular flexibility index (Phi) is 3.58. The van der Waals surface area contributed by atoms with Gasteiger partial charge in [0.15, 0.2) is 0 Å². The van der Waals surface area contributed by atoms with Gasteiger partial charge in [-0.25, -0.2) is 0 Å². The molecule has 0 spiro atoms. The lowest BCUT2D eigenvalue weighted by molar-refractivity contribution is -0.131. The lowest BCUT2D eigenvalue weighted by atomic mass is 10.0. The molecule has 1 aliphatic carbocycles. The Hall–Kier alpha value is -1.22. The Morgan fingerprint density at radius 2 is 2.00 bits per heavy atom. The zero-order valence-corrected chi connectivity index (χ0v) is 7.67. The summed E-state index contributed by atoms with van der Waals surface area (Å²) >= 11 is 0. The lowest BCUT2D eigenvalue weighted by Gasteiger charge is -2.05. The second kappa shape index (κ2) is 4.72. The average molecular weight is 179 g/mol. The van der Waals surface area contributed by atoms with Crippen molar-refractivity contribution in [3.8, 4) is 0 Å². The number of carbonyl (C=O) groups is 2. The molecule has 0 aromatic rings. The minimum atomic E-state index is -0.424. The second-order valence-corrected chi connectivity index (χ2v) is 2.88. The Morgan fingerprint density at radius 3 is 2.62 bits per heavy atom. The van der Waals surface area contributed by atoms with Crippen molar-refractivity contribution >= 4 is 11.6 Å². The molecule has 0 aliphatic heterocycles. The highest BCUT2D eigenvalue weighted by molar-refractivity contribution is 6.46. The highest BCUT2D eigenvalue weighted by Gasteiger charge is 2.12. The maximum atomic E-state index is 10.9. The molecule has 1 rings (SSSR count). The molecule has 0 saturated carbocycles. The standard InChI is InChI=1S/C10H13NO2/c1-2-11-6-5-8-3-4-9(12)10(13)7-8/h3-4,7,11H,2,5-6H2,1H3. The summed E-state index contributed by atoms with van der Waals surface area (Å²) in [5, 5.41) is 3.15. The molecule has 1 aliphatic rings. The summed E-state index contributed by atoms with van der Waals surface area (Å²) in [6.07, 6.45) is 5.26. The first-order chi connectivity index (χ1) is 6.24. The van der Waals surface area contributed by atoms with Crippen LogP contribution < -0.4 is 5.32 Å². The summed E-state index contributed by atoms with van der Waals surface area (Å²) in [6, 6.07) is 0. The van der Waals surface area contributed by atoms with Crippen LogP contribution in [0.3, 0.4) is 0 Å². The SMILES string of the molecule is CCNCCC1=CC(=O)C(=O)C=C1. The van der Waals surface area contributed by atoms with E-state index in [2.05, 4.69) is 5.32 Å². The van der Waals surface area contributed by atoms with Gasteiger partial charge in [0.1, 0.15) is 0 Å². The fourth-order valence-corrected chi connectivity index (χ4v) is 1.12. The van der Waals surface area contributed by atoms with Crippen LogP contribution >= 0.6 is 0 Å². The molecular weight excluding hydrogens is 166 g/mol. The topological polar surface area (TPSA) is 46.2 Å².